The Morgan fingerprint density at radius 2 is 2.00 bits per heavy atom. The van der Waals surface area contributed by atoms with Crippen molar-refractivity contribution in [3.63, 3.8) is 0 Å². The highest BCUT2D eigenvalue weighted by Crippen LogP contribution is 2.38. The molecule has 1 heterocycles. The minimum atomic E-state index is -0.686. The van der Waals surface area contributed by atoms with Gasteiger partial charge in [-0.05, 0) is 18.1 Å². The fourth-order valence-corrected chi connectivity index (χ4v) is 2.41. The molecule has 4 heteroatoms. The van der Waals surface area contributed by atoms with Gasteiger partial charge >= 0.3 is 0 Å². The van der Waals surface area contributed by atoms with Crippen LogP contribution in [-0.2, 0) is 4.79 Å². The highest BCUT2D eigenvalue weighted by Gasteiger charge is 2.32. The Labute approximate surface area is 105 Å². The number of nitrogens with one attached hydrogen (secondary N) is 1. The maximum absolute atomic E-state index is 13.5. The zero-order valence-corrected chi connectivity index (χ0v) is 10.4. The van der Waals surface area contributed by atoms with E-state index < -0.39 is 17.6 Å². The van der Waals surface area contributed by atoms with Crippen LogP contribution < -0.4 is 5.32 Å². The number of benzene rings is 1. The minimum absolute atomic E-state index is 0.155. The van der Waals surface area contributed by atoms with E-state index in [0.717, 1.165) is 31.7 Å². The number of carbonyl (C=O) groups excluding carboxylic acids is 1. The molecule has 0 bridgehead atoms. The van der Waals surface area contributed by atoms with Crippen LogP contribution in [0.4, 0.5) is 14.5 Å². The van der Waals surface area contributed by atoms with Crippen molar-refractivity contribution < 1.29 is 13.6 Å². The number of rotatable bonds is 5. The van der Waals surface area contributed by atoms with E-state index in [-0.39, 0.29) is 11.6 Å². The Balaban J connectivity index is 2.12. The van der Waals surface area contributed by atoms with Crippen molar-refractivity contribution in [1.29, 1.82) is 0 Å². The van der Waals surface area contributed by atoms with Crippen molar-refractivity contribution in [2.24, 2.45) is 0 Å². The van der Waals surface area contributed by atoms with E-state index >= 15 is 0 Å². The van der Waals surface area contributed by atoms with Crippen LogP contribution in [0.3, 0.4) is 0 Å². The number of amides is 1. The zero-order chi connectivity index (χ0) is 13.1. The summed E-state index contributed by atoms with van der Waals surface area (Å²) in [6.07, 6.45) is 4.86. The molecule has 1 unspecified atom stereocenters. The molecule has 1 amide bonds. The van der Waals surface area contributed by atoms with Gasteiger partial charge in [0.2, 0.25) is 5.91 Å². The van der Waals surface area contributed by atoms with Crippen LogP contribution in [0, 0.1) is 11.6 Å². The average Bonchev–Trinajstić information content (AvgIpc) is 2.62. The number of hydrogen-bond acceptors (Lipinski definition) is 1. The molecule has 0 saturated heterocycles. The average molecular weight is 253 g/mol. The maximum atomic E-state index is 13.5. The summed E-state index contributed by atoms with van der Waals surface area (Å²) in [5, 5.41) is 2.50. The number of halogens is 2. The minimum Gasteiger partial charge on any atom is -0.323 e. The molecule has 1 atom stereocenters. The summed E-state index contributed by atoms with van der Waals surface area (Å²) >= 11 is 0. The lowest BCUT2D eigenvalue weighted by molar-refractivity contribution is -0.117. The summed E-state index contributed by atoms with van der Waals surface area (Å²) in [5.41, 5.74) is 0.621. The van der Waals surface area contributed by atoms with Gasteiger partial charge in [0, 0.05) is 6.07 Å². The first-order valence-electron chi connectivity index (χ1n) is 6.43. The van der Waals surface area contributed by atoms with Crippen molar-refractivity contribution in [3.05, 3.63) is 29.3 Å². The lowest BCUT2D eigenvalue weighted by atomic mass is 9.94. The van der Waals surface area contributed by atoms with Gasteiger partial charge in [-0.3, -0.25) is 4.79 Å². The Kier molecular flexibility index (Phi) is 3.94. The molecule has 0 spiro atoms. The molecule has 1 N–H and O–H groups in total. The summed E-state index contributed by atoms with van der Waals surface area (Å²) in [6.45, 7) is 2.11. The van der Waals surface area contributed by atoms with Gasteiger partial charge in [0.05, 0.1) is 11.6 Å². The molecule has 0 aliphatic carbocycles. The summed E-state index contributed by atoms with van der Waals surface area (Å²) in [6, 6.07) is 2.07. The van der Waals surface area contributed by atoms with Crippen LogP contribution in [0.25, 0.3) is 0 Å². The van der Waals surface area contributed by atoms with Crippen LogP contribution >= 0.6 is 0 Å². The molecule has 1 aromatic carbocycles. The normalized spacial score (nSPS) is 17.7. The van der Waals surface area contributed by atoms with Gasteiger partial charge in [-0.2, -0.15) is 0 Å². The second-order valence-electron chi connectivity index (χ2n) is 4.74. The van der Waals surface area contributed by atoms with E-state index in [1.54, 1.807) is 0 Å². The third-order valence-electron chi connectivity index (χ3n) is 3.37. The van der Waals surface area contributed by atoms with Crippen LogP contribution in [-0.4, -0.2) is 5.91 Å². The van der Waals surface area contributed by atoms with Gasteiger partial charge in [-0.15, -0.1) is 0 Å². The number of fused-ring (bicyclic) bond motifs is 1. The molecule has 0 saturated carbocycles. The van der Waals surface area contributed by atoms with Crippen LogP contribution in [0.2, 0.25) is 0 Å². The summed E-state index contributed by atoms with van der Waals surface area (Å²) < 4.78 is 26.7. The molecule has 2 nitrogen and oxygen atoms in total. The van der Waals surface area contributed by atoms with Gasteiger partial charge in [0.1, 0.15) is 11.6 Å². The van der Waals surface area contributed by atoms with E-state index in [0.29, 0.717) is 12.0 Å². The first-order valence-corrected chi connectivity index (χ1v) is 6.43. The topological polar surface area (TPSA) is 29.1 Å². The van der Waals surface area contributed by atoms with Crippen LogP contribution in [0.1, 0.15) is 50.5 Å². The number of anilines is 1. The van der Waals surface area contributed by atoms with Gasteiger partial charge in [0.25, 0.3) is 0 Å². The predicted octanol–water partition coefficient (Wildman–Crippen LogP) is 3.97. The monoisotopic (exact) mass is 253 g/mol. The van der Waals surface area contributed by atoms with Crippen molar-refractivity contribution >= 4 is 11.6 Å². The quantitative estimate of drug-likeness (QED) is 0.790. The van der Waals surface area contributed by atoms with Gasteiger partial charge in [-0.1, -0.05) is 32.6 Å². The number of hydrogen-bond donors (Lipinski definition) is 1. The first-order chi connectivity index (χ1) is 8.63. The fourth-order valence-electron chi connectivity index (χ4n) is 2.41. The molecule has 0 fully saturated rings. The van der Waals surface area contributed by atoms with E-state index in [4.69, 9.17) is 0 Å². The zero-order valence-electron chi connectivity index (χ0n) is 10.4. The molecular formula is C14H17F2NO. The Morgan fingerprint density at radius 3 is 2.72 bits per heavy atom. The molecule has 0 radical (unpaired) electrons. The molecule has 2 rings (SSSR count). The van der Waals surface area contributed by atoms with Crippen LogP contribution in [0.15, 0.2) is 12.1 Å². The molecule has 1 aromatic rings. The highest BCUT2D eigenvalue weighted by atomic mass is 19.1. The molecule has 98 valence electrons. The second kappa shape index (κ2) is 5.46. The maximum Gasteiger partial charge on any atom is 0.232 e. The number of carbonyl (C=O) groups is 1. The van der Waals surface area contributed by atoms with E-state index in [1.807, 2.05) is 0 Å². The van der Waals surface area contributed by atoms with Crippen molar-refractivity contribution in [2.75, 3.05) is 5.32 Å². The van der Waals surface area contributed by atoms with Crippen molar-refractivity contribution in [2.45, 2.75) is 44.9 Å². The molecular weight excluding hydrogens is 236 g/mol. The summed E-state index contributed by atoms with van der Waals surface area (Å²) in [4.78, 5) is 11.8. The smallest absolute Gasteiger partial charge is 0.232 e. The van der Waals surface area contributed by atoms with Crippen LogP contribution in [0.5, 0.6) is 0 Å². The molecule has 1 aliphatic heterocycles. The third kappa shape index (κ3) is 2.52. The van der Waals surface area contributed by atoms with E-state index in [9.17, 15) is 13.6 Å². The van der Waals surface area contributed by atoms with Gasteiger partial charge in [0.15, 0.2) is 0 Å². The van der Waals surface area contributed by atoms with Gasteiger partial charge < -0.3 is 5.32 Å². The number of unbranched alkanes of at least 4 members (excludes halogenated alkanes) is 3. The van der Waals surface area contributed by atoms with E-state index in [2.05, 4.69) is 12.2 Å². The van der Waals surface area contributed by atoms with Gasteiger partial charge in [-0.25, -0.2) is 8.78 Å². The van der Waals surface area contributed by atoms with E-state index in [1.165, 1.54) is 6.07 Å². The summed E-state index contributed by atoms with van der Waals surface area (Å²) in [5.74, 6) is -1.93. The Hall–Kier alpha value is -1.45. The first kappa shape index (κ1) is 13.0. The molecule has 18 heavy (non-hydrogen) atoms. The highest BCUT2D eigenvalue weighted by molar-refractivity contribution is 6.02. The van der Waals surface area contributed by atoms with Crippen molar-refractivity contribution in [3.8, 4) is 0 Å². The Bertz CT molecular complexity index is 459. The lowest BCUT2D eigenvalue weighted by Gasteiger charge is -2.08. The summed E-state index contributed by atoms with van der Waals surface area (Å²) in [7, 11) is 0. The molecule has 1 aliphatic rings. The largest absolute Gasteiger partial charge is 0.323 e. The fraction of sp³-hybridized carbons (Fsp3) is 0.500. The third-order valence-corrected chi connectivity index (χ3v) is 3.37. The van der Waals surface area contributed by atoms with Crippen molar-refractivity contribution in [1.82, 2.24) is 0 Å². The molecule has 0 aromatic heterocycles. The predicted molar refractivity (Wildman–Crippen MR) is 66.5 cm³/mol. The second-order valence-corrected chi connectivity index (χ2v) is 4.74. The standard InChI is InChI=1S/C14H17F2NO/c1-2-3-4-5-6-10-11-7-9(15)8-12(16)13(11)17-14(10)18/h7-8,10H,2-6H2,1H3,(H,17,18). The lowest BCUT2D eigenvalue weighted by Crippen LogP contribution is -2.12. The SMILES string of the molecule is CCCCCCC1C(=O)Nc2c(F)cc(F)cc21. The Morgan fingerprint density at radius 1 is 1.22 bits per heavy atom.